The van der Waals surface area contributed by atoms with Gasteiger partial charge in [0.05, 0.1) is 27.7 Å². The fourth-order valence-corrected chi connectivity index (χ4v) is 2.45. The Morgan fingerprint density at radius 2 is 1.32 bits per heavy atom. The van der Waals surface area contributed by atoms with Gasteiger partial charge in [0.25, 0.3) is 0 Å². The highest BCUT2D eigenvalue weighted by Crippen LogP contribution is 2.10. The van der Waals surface area contributed by atoms with Crippen molar-refractivity contribution in [3.05, 3.63) is 12.3 Å². The average molecular weight is 315 g/mol. The molecule has 0 amide bonds. The second-order valence-electron chi connectivity index (χ2n) is 7.34. The van der Waals surface area contributed by atoms with E-state index in [1.165, 1.54) is 57.8 Å². The number of rotatable bonds is 16. The summed E-state index contributed by atoms with van der Waals surface area (Å²) in [5, 5.41) is 0. The van der Waals surface area contributed by atoms with Crippen LogP contribution in [0.5, 0.6) is 0 Å². The molecule has 0 bridgehead atoms. The second kappa shape index (κ2) is 14.1. The summed E-state index contributed by atoms with van der Waals surface area (Å²) in [5.74, 6) is 0.801. The molecule has 0 aliphatic heterocycles. The first-order valence-corrected chi connectivity index (χ1v) is 9.14. The Labute approximate surface area is 139 Å². The summed E-state index contributed by atoms with van der Waals surface area (Å²) in [5.41, 5.74) is 0. The van der Waals surface area contributed by atoms with Gasteiger partial charge in [-0.05, 0) is 6.42 Å². The third-order valence-electron chi connectivity index (χ3n) is 3.64. The van der Waals surface area contributed by atoms with Crippen LogP contribution in [-0.4, -0.2) is 45.6 Å². The zero-order valence-electron chi connectivity index (χ0n) is 15.7. The standard InChI is InChI=1S/C19H40NO2/c1-6-7-8-9-10-11-12-13-14-15-16-21-18-22-19(2)17-20(3,4)5/h2,6-18H2,1,3-5H3/q+1. The van der Waals surface area contributed by atoms with Crippen LogP contribution in [0.15, 0.2) is 12.3 Å². The van der Waals surface area contributed by atoms with E-state index in [9.17, 15) is 0 Å². The van der Waals surface area contributed by atoms with E-state index in [-0.39, 0.29) is 0 Å². The van der Waals surface area contributed by atoms with Crippen molar-refractivity contribution in [2.75, 3.05) is 41.1 Å². The average Bonchev–Trinajstić information content (AvgIpc) is 2.42. The molecule has 0 rings (SSSR count). The molecule has 0 heterocycles. The number of ether oxygens (including phenoxy) is 2. The highest BCUT2D eigenvalue weighted by molar-refractivity contribution is 4.80. The third kappa shape index (κ3) is 17.5. The number of hydrogen-bond donors (Lipinski definition) is 0. The van der Waals surface area contributed by atoms with E-state index in [0.29, 0.717) is 6.79 Å². The summed E-state index contributed by atoms with van der Waals surface area (Å²) in [6, 6.07) is 0. The smallest absolute Gasteiger partial charge is 0.188 e. The van der Waals surface area contributed by atoms with Gasteiger partial charge in [0.1, 0.15) is 12.3 Å². The van der Waals surface area contributed by atoms with Crippen LogP contribution < -0.4 is 0 Å². The largest absolute Gasteiger partial charge is 0.467 e. The van der Waals surface area contributed by atoms with Gasteiger partial charge in [0.15, 0.2) is 6.79 Å². The van der Waals surface area contributed by atoms with E-state index in [1.807, 2.05) is 0 Å². The lowest BCUT2D eigenvalue weighted by Crippen LogP contribution is -2.36. The molecule has 0 atom stereocenters. The van der Waals surface area contributed by atoms with Gasteiger partial charge in [0, 0.05) is 0 Å². The fraction of sp³-hybridized carbons (Fsp3) is 0.895. The molecule has 0 radical (unpaired) electrons. The van der Waals surface area contributed by atoms with E-state index < -0.39 is 0 Å². The summed E-state index contributed by atoms with van der Waals surface area (Å²) in [6.45, 7) is 8.15. The van der Waals surface area contributed by atoms with Gasteiger partial charge in [-0.1, -0.05) is 71.3 Å². The lowest BCUT2D eigenvalue weighted by atomic mass is 10.1. The summed E-state index contributed by atoms with van der Waals surface area (Å²) in [7, 11) is 6.37. The maximum atomic E-state index is 5.50. The topological polar surface area (TPSA) is 18.5 Å². The number of hydrogen-bond acceptors (Lipinski definition) is 2. The zero-order chi connectivity index (χ0) is 16.7. The molecule has 0 N–H and O–H groups in total. The van der Waals surface area contributed by atoms with E-state index in [1.54, 1.807) is 0 Å². The summed E-state index contributed by atoms with van der Waals surface area (Å²) >= 11 is 0. The predicted molar refractivity (Wildman–Crippen MR) is 95.8 cm³/mol. The second-order valence-corrected chi connectivity index (χ2v) is 7.34. The molecule has 0 fully saturated rings. The first-order chi connectivity index (χ1) is 10.5. The minimum Gasteiger partial charge on any atom is -0.467 e. The normalized spacial score (nSPS) is 11.6. The van der Waals surface area contributed by atoms with Gasteiger partial charge < -0.3 is 14.0 Å². The first kappa shape index (κ1) is 21.5. The van der Waals surface area contributed by atoms with Gasteiger partial charge in [-0.25, -0.2) is 0 Å². The SMILES string of the molecule is C=C(C[N+](C)(C)C)OCOCCCCCCCCCCCC. The van der Waals surface area contributed by atoms with Crippen molar-refractivity contribution >= 4 is 0 Å². The van der Waals surface area contributed by atoms with Crippen molar-refractivity contribution in [3.63, 3.8) is 0 Å². The number of nitrogens with zero attached hydrogens (tertiary/aromatic N) is 1. The van der Waals surface area contributed by atoms with E-state index >= 15 is 0 Å². The Balaban J connectivity index is 3.16. The van der Waals surface area contributed by atoms with Gasteiger partial charge >= 0.3 is 0 Å². The Kier molecular flexibility index (Phi) is 13.7. The maximum absolute atomic E-state index is 5.50. The van der Waals surface area contributed by atoms with Crippen LogP contribution in [0.2, 0.25) is 0 Å². The summed E-state index contributed by atoms with van der Waals surface area (Å²) < 4.78 is 11.8. The Morgan fingerprint density at radius 3 is 1.82 bits per heavy atom. The molecular formula is C19H40NO2+. The predicted octanol–water partition coefficient (Wildman–Crippen LogP) is 5.12. The van der Waals surface area contributed by atoms with E-state index in [2.05, 4.69) is 34.6 Å². The number of quaternary nitrogens is 1. The monoisotopic (exact) mass is 314 g/mol. The van der Waals surface area contributed by atoms with Crippen LogP contribution in [0.3, 0.4) is 0 Å². The molecular weight excluding hydrogens is 274 g/mol. The molecule has 3 heteroatoms. The number of unbranched alkanes of at least 4 members (excludes halogenated alkanes) is 9. The molecule has 0 aromatic carbocycles. The van der Waals surface area contributed by atoms with Crippen LogP contribution in [0.25, 0.3) is 0 Å². The molecule has 0 spiro atoms. The van der Waals surface area contributed by atoms with Crippen molar-refractivity contribution < 1.29 is 14.0 Å². The van der Waals surface area contributed by atoms with Crippen LogP contribution >= 0.6 is 0 Å². The lowest BCUT2D eigenvalue weighted by molar-refractivity contribution is -0.866. The molecule has 0 saturated carbocycles. The van der Waals surface area contributed by atoms with Crippen molar-refractivity contribution in [1.29, 1.82) is 0 Å². The first-order valence-electron chi connectivity index (χ1n) is 9.14. The quantitative estimate of drug-likeness (QED) is 0.170. The number of likely N-dealkylation sites (N-methyl/N-ethyl adjacent to an activating group) is 1. The molecule has 132 valence electrons. The van der Waals surface area contributed by atoms with E-state index in [4.69, 9.17) is 9.47 Å². The van der Waals surface area contributed by atoms with Gasteiger partial charge in [-0.15, -0.1) is 0 Å². The van der Waals surface area contributed by atoms with Gasteiger partial charge in [0.2, 0.25) is 0 Å². The van der Waals surface area contributed by atoms with Crippen molar-refractivity contribution in [1.82, 2.24) is 0 Å². The maximum Gasteiger partial charge on any atom is 0.188 e. The highest BCUT2D eigenvalue weighted by Gasteiger charge is 2.09. The molecule has 0 aromatic rings. The van der Waals surface area contributed by atoms with Crippen molar-refractivity contribution in [2.24, 2.45) is 0 Å². The van der Waals surface area contributed by atoms with Crippen LogP contribution in [0.4, 0.5) is 0 Å². The van der Waals surface area contributed by atoms with Gasteiger partial charge in [-0.3, -0.25) is 0 Å². The highest BCUT2D eigenvalue weighted by atomic mass is 16.7. The molecule has 0 unspecified atom stereocenters. The van der Waals surface area contributed by atoms with Crippen LogP contribution in [-0.2, 0) is 9.47 Å². The lowest BCUT2D eigenvalue weighted by Gasteiger charge is -2.24. The van der Waals surface area contributed by atoms with E-state index in [0.717, 1.165) is 29.8 Å². The van der Waals surface area contributed by atoms with Gasteiger partial charge in [-0.2, -0.15) is 0 Å². The summed E-state index contributed by atoms with van der Waals surface area (Å²) in [6.07, 6.45) is 13.5. The Morgan fingerprint density at radius 1 is 0.818 bits per heavy atom. The van der Waals surface area contributed by atoms with Crippen molar-refractivity contribution in [3.8, 4) is 0 Å². The third-order valence-corrected chi connectivity index (χ3v) is 3.64. The molecule has 0 aliphatic carbocycles. The molecule has 0 aromatic heterocycles. The zero-order valence-corrected chi connectivity index (χ0v) is 15.7. The van der Waals surface area contributed by atoms with Crippen LogP contribution in [0.1, 0.15) is 71.1 Å². The fourth-order valence-electron chi connectivity index (χ4n) is 2.45. The molecule has 0 aliphatic rings. The minimum atomic E-state index is 0.344. The Bertz CT molecular complexity index is 259. The molecule has 22 heavy (non-hydrogen) atoms. The minimum absolute atomic E-state index is 0.344. The summed E-state index contributed by atoms with van der Waals surface area (Å²) in [4.78, 5) is 0. The Hall–Kier alpha value is -0.540. The molecule has 3 nitrogen and oxygen atoms in total. The van der Waals surface area contributed by atoms with Crippen LogP contribution in [0, 0.1) is 0 Å². The van der Waals surface area contributed by atoms with Crippen molar-refractivity contribution in [2.45, 2.75) is 71.1 Å². The molecule has 0 saturated heterocycles.